The van der Waals surface area contributed by atoms with Gasteiger partial charge in [0, 0.05) is 11.6 Å². The Balaban J connectivity index is 1.46. The summed E-state index contributed by atoms with van der Waals surface area (Å²) in [6.07, 6.45) is 4.50. The average molecular weight is 423 g/mol. The Kier molecular flexibility index (Phi) is 6.11. The molecule has 0 saturated heterocycles. The molecule has 4 rings (SSSR count). The fraction of sp³-hybridized carbons (Fsp3) is 0.333. The molecule has 31 heavy (non-hydrogen) atoms. The molecule has 2 aliphatic rings. The van der Waals surface area contributed by atoms with Crippen LogP contribution in [0.25, 0.3) is 0 Å². The molecule has 162 valence electrons. The van der Waals surface area contributed by atoms with Crippen LogP contribution in [0.15, 0.2) is 54.6 Å². The van der Waals surface area contributed by atoms with E-state index >= 15 is 0 Å². The van der Waals surface area contributed by atoms with Crippen LogP contribution in [0.2, 0.25) is 0 Å². The van der Waals surface area contributed by atoms with Crippen LogP contribution in [0.1, 0.15) is 35.2 Å². The van der Waals surface area contributed by atoms with Crippen LogP contribution in [-0.2, 0) is 9.53 Å². The largest absolute Gasteiger partial charge is 0.497 e. The number of carbonyl (C=O) groups excluding carboxylic acids is 2. The Bertz CT molecular complexity index is 1000. The number of fused-ring (bicyclic) bond motifs is 1. The van der Waals surface area contributed by atoms with Gasteiger partial charge < -0.3 is 24.3 Å². The third-order valence-corrected chi connectivity index (χ3v) is 5.49. The minimum absolute atomic E-state index is 0.104. The Labute approximate surface area is 180 Å². The highest BCUT2D eigenvalue weighted by Gasteiger charge is 2.34. The summed E-state index contributed by atoms with van der Waals surface area (Å²) in [5, 5.41) is 3.02. The van der Waals surface area contributed by atoms with Gasteiger partial charge in [0.2, 0.25) is 6.79 Å². The molecule has 1 aliphatic heterocycles. The molecular weight excluding hydrogens is 398 g/mol. The van der Waals surface area contributed by atoms with Crippen LogP contribution in [0.3, 0.4) is 0 Å². The van der Waals surface area contributed by atoms with Gasteiger partial charge in [-0.05, 0) is 55.2 Å². The fourth-order valence-corrected chi connectivity index (χ4v) is 4.00. The number of allylic oxidation sites excluding steroid dienone is 1. The normalized spacial score (nSPS) is 19.7. The Morgan fingerprint density at radius 3 is 2.77 bits per heavy atom. The van der Waals surface area contributed by atoms with Gasteiger partial charge in [-0.25, -0.2) is 0 Å². The molecule has 3 atom stereocenters. The summed E-state index contributed by atoms with van der Waals surface area (Å²) in [6, 6.07) is 12.4. The summed E-state index contributed by atoms with van der Waals surface area (Å²) >= 11 is 0. The van der Waals surface area contributed by atoms with Gasteiger partial charge in [-0.1, -0.05) is 24.3 Å². The average Bonchev–Trinajstić information content (AvgIpc) is 3.43. The second kappa shape index (κ2) is 9.12. The predicted octanol–water partition coefficient (Wildman–Crippen LogP) is 3.45. The maximum atomic E-state index is 12.8. The quantitative estimate of drug-likeness (QED) is 0.543. The van der Waals surface area contributed by atoms with E-state index in [4.69, 9.17) is 18.9 Å². The number of esters is 1. The van der Waals surface area contributed by atoms with Crippen LogP contribution >= 0.6 is 0 Å². The van der Waals surface area contributed by atoms with Gasteiger partial charge in [0.15, 0.2) is 11.5 Å². The number of amides is 1. The molecule has 2 aromatic carbocycles. The molecular formula is C24H25NO6. The summed E-state index contributed by atoms with van der Waals surface area (Å²) in [5.74, 6) is 0.810. The summed E-state index contributed by atoms with van der Waals surface area (Å²) in [7, 11) is 1.59. The molecule has 0 spiro atoms. The van der Waals surface area contributed by atoms with Crippen molar-refractivity contribution in [3.8, 4) is 17.2 Å². The van der Waals surface area contributed by atoms with E-state index in [0.29, 0.717) is 35.8 Å². The molecule has 1 N–H and O–H groups in total. The van der Waals surface area contributed by atoms with E-state index in [-0.39, 0.29) is 30.6 Å². The van der Waals surface area contributed by atoms with Crippen LogP contribution in [0.4, 0.5) is 0 Å². The second-order valence-corrected chi connectivity index (χ2v) is 7.44. The van der Waals surface area contributed by atoms with Crippen molar-refractivity contribution in [3.05, 3.63) is 65.7 Å². The van der Waals surface area contributed by atoms with Crippen LogP contribution in [0, 0.1) is 5.92 Å². The highest BCUT2D eigenvalue weighted by Crippen LogP contribution is 2.36. The van der Waals surface area contributed by atoms with Gasteiger partial charge in [0.05, 0.1) is 19.6 Å². The minimum Gasteiger partial charge on any atom is -0.497 e. The first kappa shape index (κ1) is 20.8. The maximum Gasteiger partial charge on any atom is 0.314 e. The first-order valence-electron chi connectivity index (χ1n) is 10.3. The van der Waals surface area contributed by atoms with Crippen molar-refractivity contribution in [2.45, 2.75) is 25.3 Å². The first-order valence-corrected chi connectivity index (χ1v) is 10.3. The van der Waals surface area contributed by atoms with E-state index in [2.05, 4.69) is 5.32 Å². The fourth-order valence-electron chi connectivity index (χ4n) is 4.00. The summed E-state index contributed by atoms with van der Waals surface area (Å²) in [4.78, 5) is 25.5. The van der Waals surface area contributed by atoms with Crippen molar-refractivity contribution in [2.75, 3.05) is 20.5 Å². The van der Waals surface area contributed by atoms with Gasteiger partial charge in [0.25, 0.3) is 5.91 Å². The SMILES string of the molecule is CCOC(=O)[C@H](c1cccc(OC)c1)[C@H]1C=C[C@H](NC(=O)c2ccc3c(c2)OCO3)C1. The molecule has 7 nitrogen and oxygen atoms in total. The van der Waals surface area contributed by atoms with Crippen molar-refractivity contribution in [3.63, 3.8) is 0 Å². The molecule has 1 heterocycles. The van der Waals surface area contributed by atoms with Gasteiger partial charge in [0.1, 0.15) is 5.75 Å². The summed E-state index contributed by atoms with van der Waals surface area (Å²) < 4.78 is 21.3. The zero-order valence-electron chi connectivity index (χ0n) is 17.5. The number of nitrogens with one attached hydrogen (secondary N) is 1. The number of carbonyl (C=O) groups is 2. The van der Waals surface area contributed by atoms with E-state index in [0.717, 1.165) is 5.56 Å². The number of rotatable bonds is 7. The van der Waals surface area contributed by atoms with Crippen molar-refractivity contribution < 1.29 is 28.5 Å². The lowest BCUT2D eigenvalue weighted by Crippen LogP contribution is -2.33. The Hall–Kier alpha value is -3.48. The topological polar surface area (TPSA) is 83.1 Å². The van der Waals surface area contributed by atoms with Crippen molar-refractivity contribution in [1.29, 1.82) is 0 Å². The molecule has 0 radical (unpaired) electrons. The lowest BCUT2D eigenvalue weighted by molar-refractivity contribution is -0.146. The van der Waals surface area contributed by atoms with Crippen LogP contribution < -0.4 is 19.5 Å². The van der Waals surface area contributed by atoms with E-state index in [1.807, 2.05) is 36.4 Å². The van der Waals surface area contributed by atoms with Crippen molar-refractivity contribution >= 4 is 11.9 Å². The zero-order chi connectivity index (χ0) is 21.8. The second-order valence-electron chi connectivity index (χ2n) is 7.44. The van der Waals surface area contributed by atoms with Gasteiger partial charge >= 0.3 is 5.97 Å². The highest BCUT2D eigenvalue weighted by molar-refractivity contribution is 5.95. The van der Waals surface area contributed by atoms with E-state index in [1.54, 1.807) is 32.2 Å². The Morgan fingerprint density at radius 1 is 1.13 bits per heavy atom. The molecule has 0 saturated carbocycles. The summed E-state index contributed by atoms with van der Waals surface area (Å²) in [6.45, 7) is 2.26. The number of hydrogen-bond donors (Lipinski definition) is 1. The minimum atomic E-state index is -0.473. The predicted molar refractivity (Wildman–Crippen MR) is 113 cm³/mol. The number of methoxy groups -OCH3 is 1. The molecule has 0 fully saturated rings. The smallest absolute Gasteiger partial charge is 0.314 e. The lowest BCUT2D eigenvalue weighted by Gasteiger charge is -2.23. The third-order valence-electron chi connectivity index (χ3n) is 5.49. The Morgan fingerprint density at radius 2 is 1.97 bits per heavy atom. The molecule has 2 aromatic rings. The molecule has 1 amide bonds. The van der Waals surface area contributed by atoms with E-state index < -0.39 is 5.92 Å². The lowest BCUT2D eigenvalue weighted by atomic mass is 9.85. The van der Waals surface area contributed by atoms with Crippen LogP contribution in [-0.4, -0.2) is 38.4 Å². The third kappa shape index (κ3) is 4.50. The van der Waals surface area contributed by atoms with Crippen LogP contribution in [0.5, 0.6) is 17.2 Å². The van der Waals surface area contributed by atoms with Gasteiger partial charge in [-0.3, -0.25) is 9.59 Å². The van der Waals surface area contributed by atoms with Crippen molar-refractivity contribution in [1.82, 2.24) is 5.32 Å². The first-order chi connectivity index (χ1) is 15.1. The molecule has 0 unspecified atom stereocenters. The van der Waals surface area contributed by atoms with Gasteiger partial charge in [-0.2, -0.15) is 0 Å². The molecule has 0 bridgehead atoms. The number of hydrogen-bond acceptors (Lipinski definition) is 6. The van der Waals surface area contributed by atoms with Gasteiger partial charge in [-0.15, -0.1) is 0 Å². The van der Waals surface area contributed by atoms with E-state index in [1.165, 1.54) is 0 Å². The molecule has 0 aromatic heterocycles. The summed E-state index contributed by atoms with van der Waals surface area (Å²) in [5.41, 5.74) is 1.33. The monoisotopic (exact) mass is 423 g/mol. The maximum absolute atomic E-state index is 12.8. The molecule has 7 heteroatoms. The van der Waals surface area contributed by atoms with Crippen molar-refractivity contribution in [2.24, 2.45) is 5.92 Å². The molecule has 1 aliphatic carbocycles. The highest BCUT2D eigenvalue weighted by atomic mass is 16.7. The number of benzene rings is 2. The zero-order valence-corrected chi connectivity index (χ0v) is 17.5. The number of ether oxygens (including phenoxy) is 4. The standard InChI is InChI=1S/C24H25NO6/c1-3-29-24(27)22(15-5-4-6-19(12-15)28-2)16-7-9-18(11-16)25-23(26)17-8-10-20-21(13-17)31-14-30-20/h4-10,12-13,16,18,22H,3,11,14H2,1-2H3,(H,25,26)/t16-,18-,22+/m0/s1. The van der Waals surface area contributed by atoms with E-state index in [9.17, 15) is 9.59 Å².